The van der Waals surface area contributed by atoms with Crippen molar-refractivity contribution in [1.29, 1.82) is 0 Å². The van der Waals surface area contributed by atoms with Crippen LogP contribution in [-0.4, -0.2) is 43.3 Å². The second kappa shape index (κ2) is 6.52. The van der Waals surface area contributed by atoms with Crippen molar-refractivity contribution >= 4 is 6.09 Å². The van der Waals surface area contributed by atoms with E-state index in [9.17, 15) is 9.18 Å². The van der Waals surface area contributed by atoms with Crippen LogP contribution in [0.25, 0.3) is 0 Å². The van der Waals surface area contributed by atoms with Gasteiger partial charge in [0.25, 0.3) is 0 Å². The number of halogens is 1. The highest BCUT2D eigenvalue weighted by atomic mass is 19.1. The molecule has 1 aromatic carbocycles. The molecule has 19 heavy (non-hydrogen) atoms. The summed E-state index contributed by atoms with van der Waals surface area (Å²) in [6.07, 6.45) is -0.873. The third-order valence-corrected chi connectivity index (χ3v) is 3.38. The number of amides is 1. The lowest BCUT2D eigenvalue weighted by atomic mass is 10.0. The van der Waals surface area contributed by atoms with Gasteiger partial charge in [-0.25, -0.2) is 9.18 Å². The van der Waals surface area contributed by atoms with Crippen LogP contribution in [0, 0.1) is 0 Å². The van der Waals surface area contributed by atoms with Gasteiger partial charge in [0.05, 0.1) is 6.54 Å². The molecule has 0 bridgehead atoms. The monoisotopic (exact) mass is 266 g/mol. The number of carbonyl (C=O) groups excluding carboxylic acids is 1. The summed E-state index contributed by atoms with van der Waals surface area (Å²) in [5.41, 5.74) is 0.928. The molecule has 1 fully saturated rings. The number of piperidine rings is 1. The number of rotatable bonds is 3. The summed E-state index contributed by atoms with van der Waals surface area (Å²) >= 11 is 0. The molecule has 1 saturated heterocycles. The van der Waals surface area contributed by atoms with Crippen LogP contribution in [0.3, 0.4) is 0 Å². The number of nitrogens with one attached hydrogen (secondary N) is 1. The average molecular weight is 266 g/mol. The van der Waals surface area contributed by atoms with Gasteiger partial charge in [-0.3, -0.25) is 0 Å². The molecule has 1 unspecified atom stereocenters. The zero-order chi connectivity index (χ0) is 13.7. The zero-order valence-electron chi connectivity index (χ0n) is 11.0. The Kier molecular flexibility index (Phi) is 4.74. The van der Waals surface area contributed by atoms with Crippen LogP contribution >= 0.6 is 0 Å². The minimum Gasteiger partial charge on any atom is -0.445 e. The van der Waals surface area contributed by atoms with Gasteiger partial charge in [0.2, 0.25) is 0 Å². The first kappa shape index (κ1) is 13.8. The standard InChI is InChI=1S/C14H19FN2O2/c1-16-13-7-8-17(9-12(13)15)14(18)19-10-11-5-3-2-4-6-11/h2-6,12-13,16H,7-10H2,1H3/t12-,13?/m0/s1. The third kappa shape index (κ3) is 3.67. The maximum atomic E-state index is 13.7. The van der Waals surface area contributed by atoms with Gasteiger partial charge in [-0.15, -0.1) is 0 Å². The van der Waals surface area contributed by atoms with Crippen LogP contribution in [0.4, 0.5) is 9.18 Å². The molecule has 0 radical (unpaired) electrons. The minimum atomic E-state index is -1.04. The van der Waals surface area contributed by atoms with E-state index in [0.29, 0.717) is 13.0 Å². The van der Waals surface area contributed by atoms with Crippen LogP contribution in [-0.2, 0) is 11.3 Å². The first-order valence-corrected chi connectivity index (χ1v) is 6.47. The molecular formula is C14H19FN2O2. The fourth-order valence-corrected chi connectivity index (χ4v) is 2.21. The van der Waals surface area contributed by atoms with E-state index in [1.807, 2.05) is 30.3 Å². The molecule has 2 atom stereocenters. The van der Waals surface area contributed by atoms with Crippen molar-refractivity contribution in [1.82, 2.24) is 10.2 Å². The summed E-state index contributed by atoms with van der Waals surface area (Å²) in [7, 11) is 1.74. The first-order valence-electron chi connectivity index (χ1n) is 6.47. The first-order chi connectivity index (χ1) is 9.20. The van der Waals surface area contributed by atoms with Crippen molar-refractivity contribution in [2.75, 3.05) is 20.1 Å². The number of carbonyl (C=O) groups is 1. The van der Waals surface area contributed by atoms with E-state index in [4.69, 9.17) is 4.74 Å². The summed E-state index contributed by atoms with van der Waals surface area (Å²) in [5.74, 6) is 0. The van der Waals surface area contributed by atoms with Gasteiger partial charge in [0.15, 0.2) is 0 Å². The van der Waals surface area contributed by atoms with Crippen LogP contribution in [0.15, 0.2) is 30.3 Å². The second-order valence-corrected chi connectivity index (χ2v) is 4.69. The van der Waals surface area contributed by atoms with Gasteiger partial charge in [-0.05, 0) is 19.0 Å². The van der Waals surface area contributed by atoms with Crippen molar-refractivity contribution in [2.24, 2.45) is 0 Å². The van der Waals surface area contributed by atoms with E-state index >= 15 is 0 Å². The van der Waals surface area contributed by atoms with Crippen molar-refractivity contribution in [3.8, 4) is 0 Å². The molecule has 1 heterocycles. The van der Waals surface area contributed by atoms with Crippen molar-refractivity contribution < 1.29 is 13.9 Å². The SMILES string of the molecule is CNC1CCN(C(=O)OCc2ccccc2)C[C@@H]1F. The van der Waals surface area contributed by atoms with E-state index in [-0.39, 0.29) is 19.2 Å². The topological polar surface area (TPSA) is 41.6 Å². The van der Waals surface area contributed by atoms with Gasteiger partial charge in [-0.1, -0.05) is 30.3 Å². The van der Waals surface area contributed by atoms with Crippen molar-refractivity contribution in [3.05, 3.63) is 35.9 Å². The van der Waals surface area contributed by atoms with Crippen molar-refractivity contribution in [3.63, 3.8) is 0 Å². The number of alkyl halides is 1. The smallest absolute Gasteiger partial charge is 0.410 e. The lowest BCUT2D eigenvalue weighted by molar-refractivity contribution is 0.0617. The van der Waals surface area contributed by atoms with Crippen LogP contribution in [0.1, 0.15) is 12.0 Å². The number of hydrogen-bond donors (Lipinski definition) is 1. The Morgan fingerprint density at radius 1 is 1.47 bits per heavy atom. The molecule has 0 aromatic heterocycles. The molecule has 104 valence electrons. The van der Waals surface area contributed by atoms with Gasteiger partial charge in [-0.2, -0.15) is 0 Å². The minimum absolute atomic E-state index is 0.0964. The quantitative estimate of drug-likeness (QED) is 0.909. The Hall–Kier alpha value is -1.62. The van der Waals surface area contributed by atoms with E-state index in [1.165, 1.54) is 4.90 Å². The Bertz CT molecular complexity index is 413. The Morgan fingerprint density at radius 3 is 2.84 bits per heavy atom. The largest absolute Gasteiger partial charge is 0.445 e. The third-order valence-electron chi connectivity index (χ3n) is 3.38. The molecule has 1 aromatic rings. The molecule has 1 aliphatic rings. The maximum absolute atomic E-state index is 13.7. The Balaban J connectivity index is 1.81. The molecule has 1 N–H and O–H groups in total. The molecule has 2 rings (SSSR count). The summed E-state index contributed by atoms with van der Waals surface area (Å²) < 4.78 is 18.9. The normalized spacial score (nSPS) is 23.2. The van der Waals surface area contributed by atoms with E-state index < -0.39 is 12.3 Å². The lowest BCUT2D eigenvalue weighted by Crippen LogP contribution is -2.51. The number of nitrogens with zero attached hydrogens (tertiary/aromatic N) is 1. The van der Waals surface area contributed by atoms with E-state index in [1.54, 1.807) is 7.05 Å². The number of benzene rings is 1. The van der Waals surface area contributed by atoms with Gasteiger partial charge in [0, 0.05) is 12.6 Å². The fraction of sp³-hybridized carbons (Fsp3) is 0.500. The summed E-state index contributed by atoms with van der Waals surface area (Å²) in [4.78, 5) is 13.3. The summed E-state index contributed by atoms with van der Waals surface area (Å²) in [6.45, 7) is 0.848. The average Bonchev–Trinajstić information content (AvgIpc) is 2.45. The Labute approximate surface area is 112 Å². The molecule has 0 spiro atoms. The van der Waals surface area contributed by atoms with Gasteiger partial charge < -0.3 is 15.0 Å². The van der Waals surface area contributed by atoms with Gasteiger partial charge >= 0.3 is 6.09 Å². The summed E-state index contributed by atoms with van der Waals surface area (Å²) in [6, 6.07) is 9.29. The van der Waals surface area contributed by atoms with Crippen LogP contribution < -0.4 is 5.32 Å². The van der Waals surface area contributed by atoms with Gasteiger partial charge in [0.1, 0.15) is 12.8 Å². The zero-order valence-corrected chi connectivity index (χ0v) is 11.0. The lowest BCUT2D eigenvalue weighted by Gasteiger charge is -2.33. The highest BCUT2D eigenvalue weighted by Crippen LogP contribution is 2.15. The Morgan fingerprint density at radius 2 is 2.21 bits per heavy atom. The molecule has 4 nitrogen and oxygen atoms in total. The second-order valence-electron chi connectivity index (χ2n) is 4.69. The fourth-order valence-electron chi connectivity index (χ4n) is 2.21. The molecular weight excluding hydrogens is 247 g/mol. The highest BCUT2D eigenvalue weighted by Gasteiger charge is 2.31. The predicted molar refractivity (Wildman–Crippen MR) is 70.6 cm³/mol. The maximum Gasteiger partial charge on any atom is 0.410 e. The number of ether oxygens (including phenoxy) is 1. The summed E-state index contributed by atoms with van der Waals surface area (Å²) in [5, 5.41) is 2.92. The number of hydrogen-bond acceptors (Lipinski definition) is 3. The highest BCUT2D eigenvalue weighted by molar-refractivity contribution is 5.67. The molecule has 1 amide bonds. The molecule has 0 saturated carbocycles. The molecule has 5 heteroatoms. The van der Waals surface area contributed by atoms with E-state index in [2.05, 4.69) is 5.32 Å². The molecule has 1 aliphatic heterocycles. The van der Waals surface area contributed by atoms with Crippen molar-refractivity contribution in [2.45, 2.75) is 25.2 Å². The number of likely N-dealkylation sites (tertiary alicyclic amines) is 1. The molecule has 0 aliphatic carbocycles. The van der Waals surface area contributed by atoms with E-state index in [0.717, 1.165) is 5.56 Å². The van der Waals surface area contributed by atoms with Crippen LogP contribution in [0.2, 0.25) is 0 Å². The predicted octanol–water partition coefficient (Wildman–Crippen LogP) is 1.95. The van der Waals surface area contributed by atoms with Crippen LogP contribution in [0.5, 0.6) is 0 Å².